The number of phenolic OH excluding ortho intramolecular Hbond substituents is 1. The first-order chi connectivity index (χ1) is 12.2. The van der Waals surface area contributed by atoms with Crippen molar-refractivity contribution in [2.45, 2.75) is 38.9 Å². The molecule has 7 heteroatoms. The van der Waals surface area contributed by atoms with Gasteiger partial charge in [-0.05, 0) is 32.4 Å². The Kier molecular flexibility index (Phi) is 4.75. The van der Waals surface area contributed by atoms with Crippen LogP contribution < -0.4 is 10.2 Å². The minimum atomic E-state index is -0.805. The number of hydrogen-bond donors (Lipinski definition) is 1. The van der Waals surface area contributed by atoms with Crippen molar-refractivity contribution in [1.29, 1.82) is 0 Å². The van der Waals surface area contributed by atoms with E-state index in [0.29, 0.717) is 17.1 Å². The average molecular weight is 376 g/mol. The molecule has 2 aromatic rings. The van der Waals surface area contributed by atoms with E-state index in [9.17, 15) is 14.7 Å². The van der Waals surface area contributed by atoms with Crippen LogP contribution in [-0.4, -0.2) is 29.0 Å². The average Bonchev–Trinajstić information content (AvgIpc) is 2.53. The van der Waals surface area contributed by atoms with Crippen molar-refractivity contribution < 1.29 is 23.8 Å². The lowest BCUT2D eigenvalue weighted by molar-refractivity contribution is -0.155. The SMILES string of the molecule is CSC=CC(=O)OC1Cc2c(cc3oc(C)cc(=O)c3c2O)OC1(C)C. The van der Waals surface area contributed by atoms with Crippen LogP contribution in [0.3, 0.4) is 0 Å². The van der Waals surface area contributed by atoms with Crippen LogP contribution in [-0.2, 0) is 16.0 Å². The molecule has 26 heavy (non-hydrogen) atoms. The number of esters is 1. The first-order valence-electron chi connectivity index (χ1n) is 8.11. The van der Waals surface area contributed by atoms with E-state index in [1.54, 1.807) is 32.2 Å². The molecule has 0 radical (unpaired) electrons. The smallest absolute Gasteiger partial charge is 0.331 e. The minimum absolute atomic E-state index is 0.102. The predicted octanol–water partition coefficient (Wildman–Crippen LogP) is 3.31. The summed E-state index contributed by atoms with van der Waals surface area (Å²) in [5.74, 6) is 0.187. The highest BCUT2D eigenvalue weighted by atomic mass is 32.2. The Morgan fingerprint density at radius 3 is 2.85 bits per heavy atom. The molecular weight excluding hydrogens is 356 g/mol. The van der Waals surface area contributed by atoms with Crippen molar-refractivity contribution >= 4 is 28.7 Å². The highest BCUT2D eigenvalue weighted by molar-refractivity contribution is 8.01. The van der Waals surface area contributed by atoms with Crippen molar-refractivity contribution in [2.24, 2.45) is 0 Å². The van der Waals surface area contributed by atoms with Gasteiger partial charge in [0.2, 0.25) is 0 Å². The number of phenols is 1. The van der Waals surface area contributed by atoms with Crippen molar-refractivity contribution in [3.05, 3.63) is 45.2 Å². The van der Waals surface area contributed by atoms with Crippen LogP contribution in [0, 0.1) is 6.92 Å². The number of hydrogen-bond acceptors (Lipinski definition) is 7. The molecule has 6 nitrogen and oxygen atoms in total. The van der Waals surface area contributed by atoms with Gasteiger partial charge >= 0.3 is 5.97 Å². The first-order valence-corrected chi connectivity index (χ1v) is 9.40. The maximum Gasteiger partial charge on any atom is 0.331 e. The number of rotatable bonds is 3. The van der Waals surface area contributed by atoms with Crippen LogP contribution in [0.15, 0.2) is 32.8 Å². The Morgan fingerprint density at radius 1 is 1.42 bits per heavy atom. The Hall–Kier alpha value is -2.41. The standard InChI is InChI=1S/C19H20O6S/c1-10-7-12(20)17-14(23-10)9-13-11(18(17)22)8-15(19(2,3)25-13)24-16(21)5-6-26-4/h5-7,9,15,22H,8H2,1-4H3. The third-order valence-electron chi connectivity index (χ3n) is 4.32. The van der Waals surface area contributed by atoms with E-state index in [2.05, 4.69) is 0 Å². The fraction of sp³-hybridized carbons (Fsp3) is 0.368. The summed E-state index contributed by atoms with van der Waals surface area (Å²) in [6, 6.07) is 2.93. The number of thioether (sulfide) groups is 1. The Labute approximate surface area is 154 Å². The molecule has 1 aliphatic rings. The zero-order valence-electron chi connectivity index (χ0n) is 15.0. The Balaban J connectivity index is 2.05. The fourth-order valence-corrected chi connectivity index (χ4v) is 3.24. The summed E-state index contributed by atoms with van der Waals surface area (Å²) >= 11 is 1.39. The van der Waals surface area contributed by atoms with Gasteiger partial charge in [-0.1, -0.05) is 0 Å². The maximum atomic E-state index is 12.3. The number of ether oxygens (including phenoxy) is 2. The molecule has 1 aromatic carbocycles. The zero-order chi connectivity index (χ0) is 19.1. The fourth-order valence-electron chi connectivity index (χ4n) is 3.00. The molecule has 138 valence electrons. The van der Waals surface area contributed by atoms with E-state index in [-0.39, 0.29) is 28.6 Å². The summed E-state index contributed by atoms with van der Waals surface area (Å²) in [5, 5.41) is 12.4. The second-order valence-electron chi connectivity index (χ2n) is 6.67. The van der Waals surface area contributed by atoms with Gasteiger partial charge in [0.1, 0.15) is 39.9 Å². The minimum Gasteiger partial charge on any atom is -0.507 e. The summed E-state index contributed by atoms with van der Waals surface area (Å²) in [6.45, 7) is 5.28. The van der Waals surface area contributed by atoms with Gasteiger partial charge in [0.25, 0.3) is 0 Å². The van der Waals surface area contributed by atoms with Crippen molar-refractivity contribution in [2.75, 3.05) is 6.26 Å². The lowest BCUT2D eigenvalue weighted by Gasteiger charge is -2.39. The Morgan fingerprint density at radius 2 is 2.15 bits per heavy atom. The van der Waals surface area contributed by atoms with Crippen LogP contribution in [0.2, 0.25) is 0 Å². The molecule has 1 aromatic heterocycles. The summed E-state index contributed by atoms with van der Waals surface area (Å²) in [6.07, 6.45) is 2.80. The quantitative estimate of drug-likeness (QED) is 0.650. The lowest BCUT2D eigenvalue weighted by Crippen LogP contribution is -2.48. The third kappa shape index (κ3) is 3.31. The van der Waals surface area contributed by atoms with Gasteiger partial charge in [0, 0.05) is 30.2 Å². The van der Waals surface area contributed by atoms with Gasteiger partial charge in [-0.2, -0.15) is 0 Å². The maximum absolute atomic E-state index is 12.3. The molecule has 1 unspecified atom stereocenters. The highest BCUT2D eigenvalue weighted by Crippen LogP contribution is 2.42. The topological polar surface area (TPSA) is 86.0 Å². The van der Waals surface area contributed by atoms with Crippen molar-refractivity contribution in [3.63, 3.8) is 0 Å². The van der Waals surface area contributed by atoms with Crippen LogP contribution in [0.5, 0.6) is 11.5 Å². The van der Waals surface area contributed by atoms with E-state index < -0.39 is 17.7 Å². The van der Waals surface area contributed by atoms with Gasteiger partial charge in [0.05, 0.1) is 0 Å². The molecule has 1 N–H and O–H groups in total. The molecule has 0 fully saturated rings. The van der Waals surface area contributed by atoms with E-state index in [1.807, 2.05) is 6.26 Å². The Bertz CT molecular complexity index is 957. The third-order valence-corrected chi connectivity index (χ3v) is 4.73. The molecule has 1 atom stereocenters. The monoisotopic (exact) mass is 376 g/mol. The molecule has 2 heterocycles. The number of benzene rings is 1. The van der Waals surface area contributed by atoms with Gasteiger partial charge in [-0.3, -0.25) is 4.79 Å². The van der Waals surface area contributed by atoms with E-state index in [4.69, 9.17) is 13.9 Å². The second kappa shape index (κ2) is 6.72. The molecule has 0 bridgehead atoms. The molecule has 0 spiro atoms. The first kappa shape index (κ1) is 18.4. The van der Waals surface area contributed by atoms with Crippen molar-refractivity contribution in [1.82, 2.24) is 0 Å². The number of fused-ring (bicyclic) bond motifs is 2. The van der Waals surface area contributed by atoms with E-state index >= 15 is 0 Å². The largest absolute Gasteiger partial charge is 0.507 e. The van der Waals surface area contributed by atoms with Gasteiger partial charge < -0.3 is 19.0 Å². The number of aryl methyl sites for hydroxylation is 1. The normalized spacial score (nSPS) is 18.5. The summed E-state index contributed by atoms with van der Waals surface area (Å²) in [4.78, 5) is 24.2. The van der Waals surface area contributed by atoms with E-state index in [1.165, 1.54) is 23.9 Å². The number of aromatic hydroxyl groups is 1. The second-order valence-corrected chi connectivity index (χ2v) is 7.41. The molecular formula is C19H20O6S. The van der Waals surface area contributed by atoms with E-state index in [0.717, 1.165) is 0 Å². The predicted molar refractivity (Wildman–Crippen MR) is 99.8 cm³/mol. The number of carbonyl (C=O) groups is 1. The summed E-state index contributed by atoms with van der Waals surface area (Å²) in [5.41, 5.74) is -0.439. The molecule has 0 saturated carbocycles. The highest BCUT2D eigenvalue weighted by Gasteiger charge is 2.41. The molecule has 0 saturated heterocycles. The van der Waals surface area contributed by atoms with Crippen LogP contribution >= 0.6 is 11.8 Å². The van der Waals surface area contributed by atoms with Crippen LogP contribution in [0.1, 0.15) is 25.2 Å². The number of carbonyl (C=O) groups excluding carboxylic acids is 1. The zero-order valence-corrected chi connectivity index (χ0v) is 15.8. The molecule has 0 amide bonds. The van der Waals surface area contributed by atoms with Gasteiger partial charge in [-0.15, -0.1) is 11.8 Å². The molecule has 3 rings (SSSR count). The molecule has 0 aliphatic carbocycles. The lowest BCUT2D eigenvalue weighted by atomic mass is 9.89. The summed E-state index contributed by atoms with van der Waals surface area (Å²) in [7, 11) is 0. The molecule has 1 aliphatic heterocycles. The van der Waals surface area contributed by atoms with Gasteiger partial charge in [0.15, 0.2) is 5.43 Å². The van der Waals surface area contributed by atoms with Crippen molar-refractivity contribution in [3.8, 4) is 11.5 Å². The van der Waals surface area contributed by atoms with Crippen LogP contribution in [0.25, 0.3) is 11.0 Å². The van der Waals surface area contributed by atoms with Gasteiger partial charge in [-0.25, -0.2) is 4.79 Å². The van der Waals surface area contributed by atoms with Crippen LogP contribution in [0.4, 0.5) is 0 Å². The summed E-state index contributed by atoms with van der Waals surface area (Å²) < 4.78 is 17.0.